The minimum Gasteiger partial charge on any atom is -0.303 e. The Morgan fingerprint density at radius 2 is 1.79 bits per heavy atom. The van der Waals surface area contributed by atoms with Crippen molar-refractivity contribution in [3.8, 4) is 0 Å². The maximum atomic E-state index is 11.5. The van der Waals surface area contributed by atoms with Gasteiger partial charge in [-0.3, -0.25) is 4.79 Å². The van der Waals surface area contributed by atoms with Crippen LogP contribution in [-0.4, -0.2) is 6.41 Å². The van der Waals surface area contributed by atoms with Gasteiger partial charge in [0.1, 0.15) is 0 Å². The molecule has 2 nitrogen and oxygen atoms in total. The number of para-hydroxylation sites is 1. The number of carbonyl (C=O) groups is 1. The van der Waals surface area contributed by atoms with E-state index in [1.54, 1.807) is 4.90 Å². The topological polar surface area (TPSA) is 20.3 Å². The van der Waals surface area contributed by atoms with Crippen LogP contribution in [-0.2, 0) is 4.79 Å². The molecule has 3 heteroatoms. The van der Waals surface area contributed by atoms with E-state index in [1.165, 1.54) is 0 Å². The van der Waals surface area contributed by atoms with Crippen LogP contribution in [0.15, 0.2) is 54.6 Å². The van der Waals surface area contributed by atoms with Crippen molar-refractivity contribution in [2.45, 2.75) is 6.04 Å². The lowest BCUT2D eigenvalue weighted by atomic mass is 9.98. The fourth-order valence-electron chi connectivity index (χ4n) is 2.39. The molecule has 0 aromatic heterocycles. The first-order valence-electron chi connectivity index (χ1n) is 6.06. The van der Waals surface area contributed by atoms with Gasteiger partial charge in [-0.15, -0.1) is 0 Å². The summed E-state index contributed by atoms with van der Waals surface area (Å²) < 4.78 is 0. The summed E-state index contributed by atoms with van der Waals surface area (Å²) in [5, 5.41) is 0.670. The third kappa shape index (κ3) is 2.04. The summed E-state index contributed by atoms with van der Waals surface area (Å²) >= 11 is 6.23. The van der Waals surface area contributed by atoms with Crippen LogP contribution in [0.4, 0.5) is 5.69 Å². The van der Waals surface area contributed by atoms with Crippen LogP contribution in [0.5, 0.6) is 0 Å². The monoisotopic (exact) mass is 269 g/mol. The molecule has 3 rings (SSSR count). The van der Waals surface area contributed by atoms with Crippen LogP contribution >= 0.6 is 11.6 Å². The Hall–Kier alpha value is -2.06. The quantitative estimate of drug-likeness (QED) is 0.753. The first kappa shape index (κ1) is 12.0. The number of benzene rings is 2. The summed E-state index contributed by atoms with van der Waals surface area (Å²) in [6.07, 6.45) is 4.89. The molecule has 1 atom stereocenters. The highest BCUT2D eigenvalue weighted by Gasteiger charge is 2.24. The van der Waals surface area contributed by atoms with Gasteiger partial charge in [-0.25, -0.2) is 0 Å². The number of amides is 1. The fourth-order valence-corrected chi connectivity index (χ4v) is 2.64. The predicted molar refractivity (Wildman–Crippen MR) is 78.2 cm³/mol. The lowest BCUT2D eigenvalue weighted by molar-refractivity contribution is -0.107. The number of carbonyl (C=O) groups excluding carboxylic acids is 1. The van der Waals surface area contributed by atoms with E-state index in [-0.39, 0.29) is 6.04 Å². The Bertz CT molecular complexity index is 651. The van der Waals surface area contributed by atoms with Crippen molar-refractivity contribution >= 4 is 29.8 Å². The van der Waals surface area contributed by atoms with Crippen LogP contribution < -0.4 is 4.90 Å². The Balaban J connectivity index is 2.11. The van der Waals surface area contributed by atoms with Gasteiger partial charge in [0.05, 0.1) is 11.7 Å². The van der Waals surface area contributed by atoms with Crippen molar-refractivity contribution in [3.05, 3.63) is 70.8 Å². The lowest BCUT2D eigenvalue weighted by Gasteiger charge is -2.31. The minimum absolute atomic E-state index is 0.152. The first-order chi connectivity index (χ1) is 9.31. The second kappa shape index (κ2) is 4.90. The molecule has 2 aromatic rings. The molecule has 1 amide bonds. The van der Waals surface area contributed by atoms with E-state index >= 15 is 0 Å². The maximum absolute atomic E-state index is 11.5. The number of hydrogen-bond donors (Lipinski definition) is 0. The van der Waals surface area contributed by atoms with Gasteiger partial charge in [0.2, 0.25) is 6.41 Å². The molecule has 0 saturated carbocycles. The van der Waals surface area contributed by atoms with Gasteiger partial charge in [0.15, 0.2) is 0 Å². The van der Waals surface area contributed by atoms with Crippen molar-refractivity contribution in [1.29, 1.82) is 0 Å². The largest absolute Gasteiger partial charge is 0.303 e. The lowest BCUT2D eigenvalue weighted by Crippen LogP contribution is -2.28. The van der Waals surface area contributed by atoms with Gasteiger partial charge in [-0.2, -0.15) is 0 Å². The molecule has 0 radical (unpaired) electrons. The minimum atomic E-state index is -0.152. The molecular weight excluding hydrogens is 258 g/mol. The van der Waals surface area contributed by atoms with Gasteiger partial charge in [-0.05, 0) is 23.3 Å². The highest BCUT2D eigenvalue weighted by Crippen LogP contribution is 2.37. The molecule has 0 fully saturated rings. The average molecular weight is 270 g/mol. The molecule has 1 aliphatic rings. The predicted octanol–water partition coefficient (Wildman–Crippen LogP) is 4.07. The van der Waals surface area contributed by atoms with Crippen LogP contribution in [0.3, 0.4) is 0 Å². The van der Waals surface area contributed by atoms with Crippen LogP contribution in [0, 0.1) is 0 Å². The molecule has 19 heavy (non-hydrogen) atoms. The number of anilines is 1. The second-order valence-electron chi connectivity index (χ2n) is 4.40. The molecule has 2 aromatic carbocycles. The summed E-state index contributed by atoms with van der Waals surface area (Å²) in [6, 6.07) is 15.3. The van der Waals surface area contributed by atoms with Crippen molar-refractivity contribution in [2.75, 3.05) is 4.90 Å². The summed E-state index contributed by atoms with van der Waals surface area (Å²) in [6.45, 7) is 0. The summed E-state index contributed by atoms with van der Waals surface area (Å²) in [4.78, 5) is 13.2. The van der Waals surface area contributed by atoms with Crippen LogP contribution in [0.25, 0.3) is 6.08 Å². The number of hydrogen-bond acceptors (Lipinski definition) is 1. The molecule has 0 N–H and O–H groups in total. The van der Waals surface area contributed by atoms with Gasteiger partial charge < -0.3 is 4.90 Å². The SMILES string of the molecule is O=CN1c2ccccc2C=CC1c1ccccc1Cl. The normalized spacial score (nSPS) is 17.1. The molecule has 94 valence electrons. The van der Waals surface area contributed by atoms with E-state index in [1.807, 2.05) is 60.7 Å². The van der Waals surface area contributed by atoms with Crippen LogP contribution in [0.2, 0.25) is 5.02 Å². The van der Waals surface area contributed by atoms with Gasteiger partial charge in [0, 0.05) is 5.02 Å². The molecule has 1 unspecified atom stereocenters. The van der Waals surface area contributed by atoms with Crippen molar-refractivity contribution < 1.29 is 4.79 Å². The van der Waals surface area contributed by atoms with Gasteiger partial charge in [0.25, 0.3) is 0 Å². The molecule has 1 heterocycles. The highest BCUT2D eigenvalue weighted by molar-refractivity contribution is 6.31. The van der Waals surface area contributed by atoms with E-state index in [4.69, 9.17) is 11.6 Å². The smallest absolute Gasteiger partial charge is 0.214 e. The molecular formula is C16H12ClNO. The summed E-state index contributed by atoms with van der Waals surface area (Å²) in [7, 11) is 0. The highest BCUT2D eigenvalue weighted by atomic mass is 35.5. The average Bonchev–Trinajstić information content (AvgIpc) is 2.46. The van der Waals surface area contributed by atoms with Gasteiger partial charge in [-0.1, -0.05) is 60.2 Å². The number of rotatable bonds is 2. The summed E-state index contributed by atoms with van der Waals surface area (Å²) in [5.74, 6) is 0. The van der Waals surface area contributed by atoms with E-state index in [9.17, 15) is 4.79 Å². The Kier molecular flexibility index (Phi) is 3.10. The number of halogens is 1. The maximum Gasteiger partial charge on any atom is 0.214 e. The number of fused-ring (bicyclic) bond motifs is 1. The Morgan fingerprint density at radius 3 is 2.58 bits per heavy atom. The molecule has 0 spiro atoms. The zero-order valence-corrected chi connectivity index (χ0v) is 10.9. The zero-order chi connectivity index (χ0) is 13.2. The number of nitrogens with zero attached hydrogens (tertiary/aromatic N) is 1. The van der Waals surface area contributed by atoms with Gasteiger partial charge >= 0.3 is 0 Å². The van der Waals surface area contributed by atoms with E-state index < -0.39 is 0 Å². The zero-order valence-electron chi connectivity index (χ0n) is 10.2. The second-order valence-corrected chi connectivity index (χ2v) is 4.80. The summed E-state index contributed by atoms with van der Waals surface area (Å²) in [5.41, 5.74) is 2.88. The first-order valence-corrected chi connectivity index (χ1v) is 6.44. The third-order valence-electron chi connectivity index (χ3n) is 3.31. The van der Waals surface area contributed by atoms with Crippen molar-refractivity contribution in [3.63, 3.8) is 0 Å². The van der Waals surface area contributed by atoms with E-state index in [0.29, 0.717) is 5.02 Å². The van der Waals surface area contributed by atoms with E-state index in [0.717, 1.165) is 23.2 Å². The van der Waals surface area contributed by atoms with Crippen molar-refractivity contribution in [1.82, 2.24) is 0 Å². The van der Waals surface area contributed by atoms with Crippen molar-refractivity contribution in [2.24, 2.45) is 0 Å². The third-order valence-corrected chi connectivity index (χ3v) is 3.65. The molecule has 1 aliphatic heterocycles. The molecule has 0 saturated heterocycles. The molecule has 0 aliphatic carbocycles. The Labute approximate surface area is 116 Å². The fraction of sp³-hybridized carbons (Fsp3) is 0.0625. The van der Waals surface area contributed by atoms with E-state index in [2.05, 4.69) is 0 Å². The Morgan fingerprint density at radius 1 is 1.05 bits per heavy atom. The van der Waals surface area contributed by atoms with Crippen LogP contribution in [0.1, 0.15) is 17.2 Å². The molecule has 0 bridgehead atoms. The standard InChI is InChI=1S/C16H12ClNO/c17-14-7-3-2-6-13(14)16-10-9-12-5-1-4-8-15(12)18(16)11-19/h1-11,16H.